The highest BCUT2D eigenvalue weighted by Crippen LogP contribution is 2.53. The maximum Gasteiger partial charge on any atom is 0.185 e. The van der Waals surface area contributed by atoms with Crippen molar-refractivity contribution in [3.63, 3.8) is 0 Å². The fraction of sp³-hybridized carbons (Fsp3) is 0.323. The maximum atomic E-state index is 15.4. The molecule has 0 radical (unpaired) electrons. The normalized spacial score (nSPS) is 19.5. The number of hydrogen-bond donors (Lipinski definition) is 1. The summed E-state index contributed by atoms with van der Waals surface area (Å²) >= 11 is 0. The molecule has 1 aliphatic heterocycles. The van der Waals surface area contributed by atoms with E-state index in [0.717, 1.165) is 24.8 Å². The van der Waals surface area contributed by atoms with Crippen LogP contribution in [0.2, 0.25) is 0 Å². The number of rotatable bonds is 12. The zero-order valence-electron chi connectivity index (χ0n) is 21.2. The number of aliphatic hydroxyl groups excluding tert-OH is 1. The molecule has 0 saturated heterocycles. The van der Waals surface area contributed by atoms with E-state index >= 15 is 4.57 Å². The molecule has 0 aromatic heterocycles. The molecule has 0 bridgehead atoms. The zero-order chi connectivity index (χ0) is 26.1. The summed E-state index contributed by atoms with van der Waals surface area (Å²) in [4.78, 5) is 13.2. The lowest BCUT2D eigenvalue weighted by atomic mass is 10.0. The lowest BCUT2D eigenvalue weighted by Gasteiger charge is -2.37. The van der Waals surface area contributed by atoms with Gasteiger partial charge in [0.2, 0.25) is 0 Å². The van der Waals surface area contributed by atoms with Gasteiger partial charge in [0.05, 0.1) is 18.4 Å². The van der Waals surface area contributed by atoms with E-state index < -0.39 is 25.2 Å². The molecule has 1 aliphatic rings. The molecule has 0 fully saturated rings. The zero-order valence-corrected chi connectivity index (χ0v) is 22.1. The van der Waals surface area contributed by atoms with Crippen LogP contribution < -0.4 is 10.6 Å². The first-order chi connectivity index (χ1) is 18.0. The minimum atomic E-state index is -3.42. The minimum absolute atomic E-state index is 0.245. The number of carbonyl (C=O) groups excluding carboxylic acids is 1. The van der Waals surface area contributed by atoms with Gasteiger partial charge in [-0.15, -0.1) is 0 Å². The third-order valence-electron chi connectivity index (χ3n) is 6.80. The molecule has 37 heavy (non-hydrogen) atoms. The van der Waals surface area contributed by atoms with Crippen LogP contribution in [-0.2, 0) is 25.4 Å². The number of unbranched alkanes of at least 4 members (excludes halogenated alkanes) is 1. The van der Waals surface area contributed by atoms with Gasteiger partial charge in [-0.25, -0.2) is 0 Å². The van der Waals surface area contributed by atoms with Gasteiger partial charge in [-0.05, 0) is 30.6 Å². The molecular formula is C31H35O5P. The molecule has 1 N–H and O–H groups in total. The molecule has 0 aliphatic carbocycles. The molecule has 4 rings (SSSR count). The van der Waals surface area contributed by atoms with Crippen LogP contribution in [-0.4, -0.2) is 35.0 Å². The second kappa shape index (κ2) is 13.1. The third kappa shape index (κ3) is 6.74. The van der Waals surface area contributed by atoms with E-state index in [1.165, 1.54) is 12.2 Å². The van der Waals surface area contributed by atoms with Gasteiger partial charge < -0.3 is 19.1 Å². The quantitative estimate of drug-likeness (QED) is 0.326. The molecule has 4 atom stereocenters. The van der Waals surface area contributed by atoms with E-state index in [-0.39, 0.29) is 11.9 Å². The molecule has 1 unspecified atom stereocenters. The minimum Gasteiger partial charge on any atom is -0.374 e. The smallest absolute Gasteiger partial charge is 0.185 e. The molecule has 3 aromatic carbocycles. The predicted molar refractivity (Wildman–Crippen MR) is 148 cm³/mol. The largest absolute Gasteiger partial charge is 0.374 e. The average Bonchev–Trinajstić information content (AvgIpc) is 2.95. The molecule has 3 aromatic rings. The molecule has 1 heterocycles. The van der Waals surface area contributed by atoms with Gasteiger partial charge in [0, 0.05) is 10.6 Å². The van der Waals surface area contributed by atoms with Gasteiger partial charge in [-0.3, -0.25) is 4.79 Å². The first-order valence-corrected chi connectivity index (χ1v) is 14.7. The summed E-state index contributed by atoms with van der Waals surface area (Å²) in [5.41, 5.74) is 0.334. The Kier molecular flexibility index (Phi) is 9.65. The summed E-state index contributed by atoms with van der Waals surface area (Å²) in [7, 11) is -3.42. The fourth-order valence-electron chi connectivity index (χ4n) is 4.87. The van der Waals surface area contributed by atoms with Crippen molar-refractivity contribution in [2.75, 3.05) is 0 Å². The van der Waals surface area contributed by atoms with E-state index in [1.54, 1.807) is 0 Å². The highest BCUT2D eigenvalue weighted by molar-refractivity contribution is 7.79. The third-order valence-corrected chi connectivity index (χ3v) is 10.3. The summed E-state index contributed by atoms with van der Waals surface area (Å²) < 4.78 is 27.6. The summed E-state index contributed by atoms with van der Waals surface area (Å²) in [5, 5.41) is 11.6. The van der Waals surface area contributed by atoms with Gasteiger partial charge >= 0.3 is 0 Å². The molecule has 6 heteroatoms. The van der Waals surface area contributed by atoms with E-state index in [0.29, 0.717) is 23.6 Å². The Balaban J connectivity index is 1.77. The van der Waals surface area contributed by atoms with Crippen LogP contribution >= 0.6 is 7.14 Å². The standard InChI is InChI=1S/C31H35O5P/c1-2-3-15-25(35-23-24-13-7-4-8-14-24)22-29(31-28(32)20-21-30(33)36-31)37(34,26-16-9-5-10-17-26)27-18-11-6-12-19-27/h4-14,16-21,25,29-31,33H,2-3,15,22-23H2,1H3/t25-,29-,30?,31+/m1/s1. The lowest BCUT2D eigenvalue weighted by molar-refractivity contribution is -0.149. The molecular weight excluding hydrogens is 483 g/mol. The summed E-state index contributed by atoms with van der Waals surface area (Å²) in [6.07, 6.45) is 3.18. The molecule has 0 spiro atoms. The number of benzene rings is 3. The van der Waals surface area contributed by atoms with Crippen molar-refractivity contribution in [3.05, 3.63) is 109 Å². The second-order valence-electron chi connectivity index (χ2n) is 9.40. The van der Waals surface area contributed by atoms with E-state index in [1.807, 2.05) is 91.0 Å². The average molecular weight is 519 g/mol. The van der Waals surface area contributed by atoms with Gasteiger partial charge in [0.15, 0.2) is 12.1 Å². The Morgan fingerprint density at radius 1 is 0.919 bits per heavy atom. The van der Waals surface area contributed by atoms with Crippen LogP contribution in [0.4, 0.5) is 0 Å². The molecule has 194 valence electrons. The molecule has 5 nitrogen and oxygen atoms in total. The SMILES string of the molecule is CCCC[C@H](C[C@H]([C@H]1OC(O)C=CC1=O)P(=O)(c1ccccc1)c1ccccc1)OCc1ccccc1. The molecule has 0 amide bonds. The summed E-state index contributed by atoms with van der Waals surface area (Å²) in [6.45, 7) is 2.55. The van der Waals surface area contributed by atoms with Crippen LogP contribution in [0.5, 0.6) is 0 Å². The van der Waals surface area contributed by atoms with Crippen LogP contribution in [0.1, 0.15) is 38.2 Å². The van der Waals surface area contributed by atoms with Crippen molar-refractivity contribution < 1.29 is 23.9 Å². The number of aliphatic hydroxyl groups is 1. The van der Waals surface area contributed by atoms with E-state index in [4.69, 9.17) is 9.47 Å². The van der Waals surface area contributed by atoms with Crippen molar-refractivity contribution in [2.24, 2.45) is 0 Å². The van der Waals surface area contributed by atoms with Gasteiger partial charge in [-0.2, -0.15) is 0 Å². The van der Waals surface area contributed by atoms with Crippen molar-refractivity contribution in [1.82, 2.24) is 0 Å². The number of carbonyl (C=O) groups is 1. The summed E-state index contributed by atoms with van der Waals surface area (Å²) in [6, 6.07) is 28.6. The maximum absolute atomic E-state index is 15.4. The monoisotopic (exact) mass is 518 g/mol. The topological polar surface area (TPSA) is 72.8 Å². The van der Waals surface area contributed by atoms with Crippen molar-refractivity contribution in [2.45, 2.75) is 63.4 Å². The lowest BCUT2D eigenvalue weighted by Crippen LogP contribution is -2.46. The number of ether oxygens (including phenoxy) is 2. The Hall–Kier alpha value is -2.82. The Morgan fingerprint density at radius 2 is 1.49 bits per heavy atom. The van der Waals surface area contributed by atoms with Crippen LogP contribution in [0.25, 0.3) is 0 Å². The first-order valence-electron chi connectivity index (χ1n) is 12.9. The van der Waals surface area contributed by atoms with Crippen LogP contribution in [0.15, 0.2) is 103 Å². The van der Waals surface area contributed by atoms with Crippen molar-refractivity contribution >= 4 is 23.5 Å². The molecule has 0 saturated carbocycles. The van der Waals surface area contributed by atoms with Gasteiger partial charge in [0.25, 0.3) is 0 Å². The highest BCUT2D eigenvalue weighted by Gasteiger charge is 2.46. The van der Waals surface area contributed by atoms with Crippen molar-refractivity contribution in [1.29, 1.82) is 0 Å². The van der Waals surface area contributed by atoms with Crippen molar-refractivity contribution in [3.8, 4) is 0 Å². The number of hydrogen-bond acceptors (Lipinski definition) is 5. The Labute approximate surface area is 219 Å². The predicted octanol–water partition coefficient (Wildman–Crippen LogP) is 5.38. The number of ketones is 1. The van der Waals surface area contributed by atoms with E-state index in [2.05, 4.69) is 6.92 Å². The van der Waals surface area contributed by atoms with Gasteiger partial charge in [-0.1, -0.05) is 111 Å². The Bertz CT molecular complexity index is 1150. The van der Waals surface area contributed by atoms with Crippen LogP contribution in [0, 0.1) is 0 Å². The fourth-order valence-corrected chi connectivity index (χ4v) is 8.29. The van der Waals surface area contributed by atoms with Crippen LogP contribution in [0.3, 0.4) is 0 Å². The van der Waals surface area contributed by atoms with E-state index in [9.17, 15) is 9.90 Å². The Morgan fingerprint density at radius 3 is 2.05 bits per heavy atom. The highest BCUT2D eigenvalue weighted by atomic mass is 31.2. The summed E-state index contributed by atoms with van der Waals surface area (Å²) in [5.74, 6) is -0.292. The first kappa shape index (κ1) is 27.2. The van der Waals surface area contributed by atoms with Gasteiger partial charge in [0.1, 0.15) is 13.2 Å². The second-order valence-corrected chi connectivity index (χ2v) is 12.4.